The van der Waals surface area contributed by atoms with Crippen molar-refractivity contribution in [3.63, 3.8) is 0 Å². The minimum Gasteiger partial charge on any atom is -0.270 e. The summed E-state index contributed by atoms with van der Waals surface area (Å²) in [5.74, 6) is 0.613. The van der Waals surface area contributed by atoms with Crippen molar-refractivity contribution in [3.05, 3.63) is 40.1 Å². The summed E-state index contributed by atoms with van der Waals surface area (Å²) in [4.78, 5) is 15.8. The summed E-state index contributed by atoms with van der Waals surface area (Å²) >= 11 is 1.46. The summed E-state index contributed by atoms with van der Waals surface area (Å²) in [6.07, 6.45) is 3.52. The lowest BCUT2D eigenvalue weighted by Crippen LogP contribution is -2.17. The van der Waals surface area contributed by atoms with Gasteiger partial charge in [0.25, 0.3) is 0 Å². The highest BCUT2D eigenvalue weighted by atomic mass is 32.2. The van der Waals surface area contributed by atoms with Gasteiger partial charge in [-0.2, -0.15) is 5.26 Å². The van der Waals surface area contributed by atoms with Crippen LogP contribution in [0.3, 0.4) is 0 Å². The molecule has 0 radical (unpaired) electrons. The third-order valence-corrected chi connectivity index (χ3v) is 3.77. The largest absolute Gasteiger partial charge is 0.343 e. The standard InChI is InChI=1S/C13H15N5OS/c1-2-3-6-18-12(19)16-17-13(18)20-9-11-5-4-10(7-14)8-15-11/h4-5,8H,2-3,6,9H2,1H3,(H,16,19). The van der Waals surface area contributed by atoms with Crippen molar-refractivity contribution in [2.45, 2.75) is 37.2 Å². The number of hydrogen-bond donors (Lipinski definition) is 1. The number of nitrogens with zero attached hydrogens (tertiary/aromatic N) is 4. The van der Waals surface area contributed by atoms with Crippen molar-refractivity contribution in [2.24, 2.45) is 0 Å². The van der Waals surface area contributed by atoms with E-state index in [4.69, 9.17) is 5.26 Å². The van der Waals surface area contributed by atoms with Crippen molar-refractivity contribution in [1.82, 2.24) is 19.7 Å². The smallest absolute Gasteiger partial charge is 0.270 e. The first-order valence-electron chi connectivity index (χ1n) is 6.37. The van der Waals surface area contributed by atoms with E-state index in [0.29, 0.717) is 23.0 Å². The number of hydrogen-bond acceptors (Lipinski definition) is 5. The lowest BCUT2D eigenvalue weighted by atomic mass is 10.3. The lowest BCUT2D eigenvalue weighted by molar-refractivity contribution is 0.573. The van der Waals surface area contributed by atoms with Gasteiger partial charge < -0.3 is 0 Å². The predicted molar refractivity (Wildman–Crippen MR) is 76.3 cm³/mol. The molecule has 7 heteroatoms. The zero-order valence-corrected chi connectivity index (χ0v) is 12.0. The molecule has 0 aliphatic carbocycles. The molecule has 2 aromatic heterocycles. The molecule has 0 aliphatic heterocycles. The maximum atomic E-state index is 11.6. The van der Waals surface area contributed by atoms with Gasteiger partial charge in [0.1, 0.15) is 6.07 Å². The molecule has 0 aromatic carbocycles. The molecule has 2 heterocycles. The fraction of sp³-hybridized carbons (Fsp3) is 0.385. The lowest BCUT2D eigenvalue weighted by Gasteiger charge is -2.04. The van der Waals surface area contributed by atoms with E-state index >= 15 is 0 Å². The quantitative estimate of drug-likeness (QED) is 0.821. The molecule has 2 rings (SSSR count). The van der Waals surface area contributed by atoms with Gasteiger partial charge in [-0.15, -0.1) is 5.10 Å². The molecule has 20 heavy (non-hydrogen) atoms. The molecule has 0 saturated heterocycles. The van der Waals surface area contributed by atoms with Crippen LogP contribution >= 0.6 is 11.8 Å². The van der Waals surface area contributed by atoms with Gasteiger partial charge in [0.05, 0.1) is 11.3 Å². The molecule has 2 aromatic rings. The van der Waals surface area contributed by atoms with Gasteiger partial charge in [-0.05, 0) is 18.6 Å². The van der Waals surface area contributed by atoms with E-state index < -0.39 is 0 Å². The van der Waals surface area contributed by atoms with Gasteiger partial charge in [0, 0.05) is 18.5 Å². The summed E-state index contributed by atoms with van der Waals surface area (Å²) in [7, 11) is 0. The van der Waals surface area contributed by atoms with E-state index in [1.807, 2.05) is 12.1 Å². The van der Waals surface area contributed by atoms with E-state index in [-0.39, 0.29) is 5.69 Å². The fourth-order valence-electron chi connectivity index (χ4n) is 1.64. The fourth-order valence-corrected chi connectivity index (χ4v) is 2.53. The second kappa shape index (κ2) is 6.91. The SMILES string of the molecule is CCCCn1c(SCc2ccc(C#N)cn2)n[nH]c1=O. The third kappa shape index (κ3) is 3.48. The van der Waals surface area contributed by atoms with Crippen molar-refractivity contribution in [3.8, 4) is 6.07 Å². The van der Waals surface area contributed by atoms with E-state index in [2.05, 4.69) is 22.1 Å². The van der Waals surface area contributed by atoms with E-state index in [1.54, 1.807) is 16.8 Å². The minimum atomic E-state index is -0.172. The van der Waals surface area contributed by atoms with Crippen molar-refractivity contribution in [1.29, 1.82) is 5.26 Å². The van der Waals surface area contributed by atoms with Crippen LogP contribution in [0.5, 0.6) is 0 Å². The number of pyridine rings is 1. The van der Waals surface area contributed by atoms with Crippen LogP contribution in [-0.4, -0.2) is 19.7 Å². The normalized spacial score (nSPS) is 10.4. The second-order valence-electron chi connectivity index (χ2n) is 4.26. The maximum Gasteiger partial charge on any atom is 0.343 e. The van der Waals surface area contributed by atoms with Gasteiger partial charge in [-0.1, -0.05) is 25.1 Å². The summed E-state index contributed by atoms with van der Waals surface area (Å²) in [5.41, 5.74) is 1.22. The highest BCUT2D eigenvalue weighted by Crippen LogP contribution is 2.18. The number of nitrogens with one attached hydrogen (secondary N) is 1. The van der Waals surface area contributed by atoms with Crippen molar-refractivity contribution >= 4 is 11.8 Å². The van der Waals surface area contributed by atoms with E-state index in [9.17, 15) is 4.79 Å². The molecule has 0 saturated carbocycles. The van der Waals surface area contributed by atoms with Crippen LogP contribution in [0.1, 0.15) is 31.0 Å². The van der Waals surface area contributed by atoms with E-state index in [1.165, 1.54) is 11.8 Å². The second-order valence-corrected chi connectivity index (χ2v) is 5.20. The van der Waals surface area contributed by atoms with Crippen LogP contribution in [-0.2, 0) is 12.3 Å². The molecule has 0 spiro atoms. The van der Waals surface area contributed by atoms with Crippen LogP contribution in [0.2, 0.25) is 0 Å². The van der Waals surface area contributed by atoms with Gasteiger partial charge in [-0.3, -0.25) is 9.55 Å². The van der Waals surface area contributed by atoms with Gasteiger partial charge in [0.15, 0.2) is 5.16 Å². The molecule has 0 atom stereocenters. The molecular weight excluding hydrogens is 274 g/mol. The number of H-pyrrole nitrogens is 1. The van der Waals surface area contributed by atoms with Crippen LogP contribution in [0.4, 0.5) is 0 Å². The van der Waals surface area contributed by atoms with Crippen LogP contribution in [0, 0.1) is 11.3 Å². The molecular formula is C13H15N5OS. The van der Waals surface area contributed by atoms with Gasteiger partial charge >= 0.3 is 5.69 Å². The van der Waals surface area contributed by atoms with Crippen LogP contribution in [0.15, 0.2) is 28.3 Å². The topological polar surface area (TPSA) is 87.4 Å². The Bertz CT molecular complexity index is 653. The zero-order valence-electron chi connectivity index (χ0n) is 11.2. The Labute approximate surface area is 120 Å². The Balaban J connectivity index is 2.03. The van der Waals surface area contributed by atoms with Crippen molar-refractivity contribution in [2.75, 3.05) is 0 Å². The summed E-state index contributed by atoms with van der Waals surface area (Å²) < 4.78 is 1.65. The number of aromatic nitrogens is 4. The first-order chi connectivity index (χ1) is 9.74. The van der Waals surface area contributed by atoms with Gasteiger partial charge in [-0.25, -0.2) is 9.89 Å². The number of rotatable bonds is 6. The Morgan fingerprint density at radius 3 is 3.00 bits per heavy atom. The summed E-state index contributed by atoms with van der Waals surface area (Å²) in [6.45, 7) is 2.76. The average Bonchev–Trinajstić information content (AvgIpc) is 2.84. The Kier molecular flexibility index (Phi) is 4.96. The average molecular weight is 289 g/mol. The minimum absolute atomic E-state index is 0.172. The first-order valence-corrected chi connectivity index (χ1v) is 7.36. The molecule has 0 unspecified atom stereocenters. The first kappa shape index (κ1) is 14.3. The maximum absolute atomic E-state index is 11.6. The third-order valence-electron chi connectivity index (χ3n) is 2.76. The van der Waals surface area contributed by atoms with E-state index in [0.717, 1.165) is 18.5 Å². The monoisotopic (exact) mass is 289 g/mol. The van der Waals surface area contributed by atoms with Crippen LogP contribution < -0.4 is 5.69 Å². The summed E-state index contributed by atoms with van der Waals surface area (Å²) in [6, 6.07) is 5.58. The molecule has 0 aliphatic rings. The Morgan fingerprint density at radius 1 is 1.50 bits per heavy atom. The predicted octanol–water partition coefficient (Wildman–Crippen LogP) is 1.93. The molecule has 104 valence electrons. The molecule has 0 fully saturated rings. The Hall–Kier alpha value is -2.07. The number of nitriles is 1. The van der Waals surface area contributed by atoms with Crippen LogP contribution in [0.25, 0.3) is 0 Å². The Morgan fingerprint density at radius 2 is 2.35 bits per heavy atom. The molecule has 1 N–H and O–H groups in total. The highest BCUT2D eigenvalue weighted by molar-refractivity contribution is 7.98. The molecule has 0 amide bonds. The van der Waals surface area contributed by atoms with Crippen molar-refractivity contribution < 1.29 is 0 Å². The van der Waals surface area contributed by atoms with Gasteiger partial charge in [0.2, 0.25) is 0 Å². The highest BCUT2D eigenvalue weighted by Gasteiger charge is 2.09. The summed E-state index contributed by atoms with van der Waals surface area (Å²) in [5, 5.41) is 15.9. The number of thioether (sulfide) groups is 1. The number of unbranched alkanes of at least 4 members (excludes halogenated alkanes) is 1. The molecule has 6 nitrogen and oxygen atoms in total. The molecule has 0 bridgehead atoms. The number of aromatic amines is 1. The zero-order chi connectivity index (χ0) is 14.4.